The quantitative estimate of drug-likeness (QED) is 0.829. The molecular formula is C17H23N2O3+. The minimum atomic E-state index is -0.495. The van der Waals surface area contributed by atoms with Crippen LogP contribution in [0.25, 0.3) is 0 Å². The van der Waals surface area contributed by atoms with Gasteiger partial charge in [-0.25, -0.2) is 0 Å². The number of ketones is 1. The van der Waals surface area contributed by atoms with Crippen LogP contribution in [-0.4, -0.2) is 48.9 Å². The number of aliphatic hydroxyl groups excluding tert-OH is 1. The summed E-state index contributed by atoms with van der Waals surface area (Å²) in [5, 5.41) is 10.1. The maximum absolute atomic E-state index is 12.3. The van der Waals surface area contributed by atoms with E-state index in [4.69, 9.17) is 0 Å². The molecule has 0 aliphatic carbocycles. The normalized spacial score (nSPS) is 18.5. The second kappa shape index (κ2) is 6.32. The minimum Gasteiger partial charge on any atom is -0.503 e. The lowest BCUT2D eigenvalue weighted by Crippen LogP contribution is -3.06. The highest BCUT2D eigenvalue weighted by molar-refractivity contribution is 6.08. The van der Waals surface area contributed by atoms with Crippen molar-refractivity contribution in [1.82, 2.24) is 4.90 Å². The maximum Gasteiger partial charge on any atom is 0.290 e. The number of carbonyl (C=O) groups excluding carboxylic acids is 2. The zero-order valence-corrected chi connectivity index (χ0v) is 13.5. The summed E-state index contributed by atoms with van der Waals surface area (Å²) in [5.41, 5.74) is 2.15. The summed E-state index contributed by atoms with van der Waals surface area (Å²) >= 11 is 0. The van der Waals surface area contributed by atoms with Crippen molar-refractivity contribution in [2.75, 3.05) is 27.2 Å². The van der Waals surface area contributed by atoms with E-state index in [2.05, 4.69) is 0 Å². The second-order valence-corrected chi connectivity index (χ2v) is 6.09. The number of aryl methyl sites for hydroxylation is 1. The molecule has 2 N–H and O–H groups in total. The van der Waals surface area contributed by atoms with Crippen LogP contribution in [0.5, 0.6) is 0 Å². The fourth-order valence-electron chi connectivity index (χ4n) is 2.68. The average molecular weight is 303 g/mol. The van der Waals surface area contributed by atoms with Gasteiger partial charge in [-0.3, -0.25) is 9.59 Å². The molecule has 22 heavy (non-hydrogen) atoms. The van der Waals surface area contributed by atoms with Crippen LogP contribution in [0.4, 0.5) is 0 Å². The number of rotatable bonds is 5. The molecule has 0 fully saturated rings. The van der Waals surface area contributed by atoms with Crippen molar-refractivity contribution >= 4 is 11.7 Å². The molecule has 118 valence electrons. The van der Waals surface area contributed by atoms with Crippen LogP contribution in [0.2, 0.25) is 0 Å². The number of nitrogens with one attached hydrogen (secondary N) is 1. The SMILES string of the molecule is CC(=O)C1=C(O)C(=O)N(CC[NH+](C)C)[C@@H]1c1ccc(C)cc1. The van der Waals surface area contributed by atoms with E-state index in [9.17, 15) is 14.7 Å². The highest BCUT2D eigenvalue weighted by Gasteiger charge is 2.42. The summed E-state index contributed by atoms with van der Waals surface area (Å²) in [4.78, 5) is 27.1. The van der Waals surface area contributed by atoms with E-state index < -0.39 is 17.7 Å². The molecule has 1 aromatic carbocycles. The van der Waals surface area contributed by atoms with Crippen molar-refractivity contribution in [3.63, 3.8) is 0 Å². The number of hydrogen-bond donors (Lipinski definition) is 2. The summed E-state index contributed by atoms with van der Waals surface area (Å²) in [6, 6.07) is 7.21. The molecule has 0 saturated heterocycles. The Morgan fingerprint density at radius 3 is 2.36 bits per heavy atom. The zero-order valence-electron chi connectivity index (χ0n) is 13.5. The monoisotopic (exact) mass is 303 g/mol. The second-order valence-electron chi connectivity index (χ2n) is 6.09. The van der Waals surface area contributed by atoms with Crippen molar-refractivity contribution in [2.45, 2.75) is 19.9 Å². The van der Waals surface area contributed by atoms with Gasteiger partial charge < -0.3 is 14.9 Å². The van der Waals surface area contributed by atoms with Crippen molar-refractivity contribution in [3.8, 4) is 0 Å². The van der Waals surface area contributed by atoms with Gasteiger partial charge in [0.2, 0.25) is 0 Å². The van der Waals surface area contributed by atoms with Gasteiger partial charge in [0.15, 0.2) is 11.5 Å². The van der Waals surface area contributed by atoms with Crippen LogP contribution >= 0.6 is 0 Å². The van der Waals surface area contributed by atoms with Gasteiger partial charge in [-0.15, -0.1) is 0 Å². The molecule has 2 rings (SSSR count). The Bertz CT molecular complexity index is 617. The number of nitrogens with zero attached hydrogens (tertiary/aromatic N) is 1. The summed E-state index contributed by atoms with van der Waals surface area (Å²) in [6.07, 6.45) is 0. The van der Waals surface area contributed by atoms with E-state index in [-0.39, 0.29) is 11.4 Å². The van der Waals surface area contributed by atoms with E-state index in [0.29, 0.717) is 6.54 Å². The fraction of sp³-hybridized carbons (Fsp3) is 0.412. The first-order valence-electron chi connectivity index (χ1n) is 7.43. The Balaban J connectivity index is 2.43. The third-order valence-electron chi connectivity index (χ3n) is 3.93. The van der Waals surface area contributed by atoms with Crippen molar-refractivity contribution in [1.29, 1.82) is 0 Å². The Kier molecular flexibility index (Phi) is 4.66. The molecule has 1 atom stereocenters. The standard InChI is InChI=1S/C17H22N2O3/c1-11-5-7-13(8-6-11)15-14(12(2)20)16(21)17(22)19(15)10-9-18(3)4/h5-8,15,21H,9-10H2,1-4H3/p+1/t15-/m1/s1. The smallest absolute Gasteiger partial charge is 0.290 e. The van der Waals surface area contributed by atoms with Gasteiger partial charge in [-0.1, -0.05) is 29.8 Å². The average Bonchev–Trinajstić information content (AvgIpc) is 2.70. The van der Waals surface area contributed by atoms with Crippen molar-refractivity contribution in [2.24, 2.45) is 0 Å². The van der Waals surface area contributed by atoms with Gasteiger partial charge in [0.25, 0.3) is 5.91 Å². The van der Waals surface area contributed by atoms with Crippen LogP contribution in [0.1, 0.15) is 24.1 Å². The number of likely N-dealkylation sites (N-methyl/N-ethyl adjacent to an activating group) is 1. The molecule has 1 heterocycles. The van der Waals surface area contributed by atoms with Crippen molar-refractivity contribution in [3.05, 3.63) is 46.7 Å². The molecule has 5 nitrogen and oxygen atoms in total. The zero-order chi connectivity index (χ0) is 16.4. The molecule has 1 amide bonds. The maximum atomic E-state index is 12.3. The molecular weight excluding hydrogens is 280 g/mol. The summed E-state index contributed by atoms with van der Waals surface area (Å²) in [5.74, 6) is -1.14. The van der Waals surface area contributed by atoms with Gasteiger partial charge in [-0.05, 0) is 19.4 Å². The fourth-order valence-corrected chi connectivity index (χ4v) is 2.68. The lowest BCUT2D eigenvalue weighted by Gasteiger charge is -2.26. The molecule has 1 aromatic rings. The molecule has 0 spiro atoms. The topological polar surface area (TPSA) is 62.0 Å². The first-order chi connectivity index (χ1) is 10.3. The number of hydrogen-bond acceptors (Lipinski definition) is 3. The molecule has 0 aromatic heterocycles. The first-order valence-corrected chi connectivity index (χ1v) is 7.43. The Morgan fingerprint density at radius 2 is 1.86 bits per heavy atom. The lowest BCUT2D eigenvalue weighted by molar-refractivity contribution is -0.857. The van der Waals surface area contributed by atoms with E-state index in [1.54, 1.807) is 4.90 Å². The van der Waals surface area contributed by atoms with Crippen LogP contribution < -0.4 is 4.90 Å². The van der Waals surface area contributed by atoms with Crippen LogP contribution in [0.15, 0.2) is 35.6 Å². The predicted molar refractivity (Wildman–Crippen MR) is 83.6 cm³/mol. The van der Waals surface area contributed by atoms with Gasteiger partial charge in [0.1, 0.15) is 0 Å². The largest absolute Gasteiger partial charge is 0.503 e. The molecule has 0 bridgehead atoms. The van der Waals surface area contributed by atoms with E-state index in [0.717, 1.165) is 17.7 Å². The number of amides is 1. The van der Waals surface area contributed by atoms with Crippen LogP contribution in [0.3, 0.4) is 0 Å². The summed E-state index contributed by atoms with van der Waals surface area (Å²) in [7, 11) is 4.00. The van der Waals surface area contributed by atoms with Gasteiger partial charge in [-0.2, -0.15) is 0 Å². The molecule has 5 heteroatoms. The van der Waals surface area contributed by atoms with E-state index in [1.165, 1.54) is 11.8 Å². The number of quaternary nitrogens is 1. The summed E-state index contributed by atoms with van der Waals surface area (Å²) in [6.45, 7) is 4.60. The van der Waals surface area contributed by atoms with Crippen molar-refractivity contribution < 1.29 is 19.6 Å². The van der Waals surface area contributed by atoms with Crippen LogP contribution in [0, 0.1) is 6.92 Å². The lowest BCUT2D eigenvalue weighted by atomic mass is 9.96. The molecule has 0 unspecified atom stereocenters. The first kappa shape index (κ1) is 16.2. The van der Waals surface area contributed by atoms with E-state index in [1.807, 2.05) is 45.3 Å². The molecule has 0 radical (unpaired) electrons. The van der Waals surface area contributed by atoms with Gasteiger partial charge in [0, 0.05) is 0 Å². The number of aliphatic hydroxyl groups is 1. The highest BCUT2D eigenvalue weighted by atomic mass is 16.3. The Hall–Kier alpha value is -2.14. The van der Waals surface area contributed by atoms with Crippen LogP contribution in [-0.2, 0) is 9.59 Å². The highest BCUT2D eigenvalue weighted by Crippen LogP contribution is 2.37. The molecule has 0 saturated carbocycles. The number of Topliss-reactive ketones (excluding diaryl/α,β-unsaturated/α-hetero) is 1. The molecule has 1 aliphatic heterocycles. The minimum absolute atomic E-state index is 0.197. The van der Waals surface area contributed by atoms with Gasteiger partial charge >= 0.3 is 0 Å². The Morgan fingerprint density at radius 1 is 1.27 bits per heavy atom. The third-order valence-corrected chi connectivity index (χ3v) is 3.93. The predicted octanol–water partition coefficient (Wildman–Crippen LogP) is 0.424. The number of benzene rings is 1. The third kappa shape index (κ3) is 3.04. The van der Waals surface area contributed by atoms with Gasteiger partial charge in [0.05, 0.1) is 38.8 Å². The van der Waals surface area contributed by atoms with E-state index >= 15 is 0 Å². The Labute approximate surface area is 130 Å². The number of carbonyl (C=O) groups is 2. The molecule has 1 aliphatic rings. The summed E-state index contributed by atoms with van der Waals surface area (Å²) < 4.78 is 0.